The van der Waals surface area contributed by atoms with Crippen molar-refractivity contribution in [2.24, 2.45) is 0 Å². The van der Waals surface area contributed by atoms with Gasteiger partial charge in [0, 0.05) is 18.2 Å². The van der Waals surface area contributed by atoms with Gasteiger partial charge in [0.15, 0.2) is 5.82 Å². The molecule has 0 unspecified atom stereocenters. The molecule has 0 aliphatic carbocycles. The summed E-state index contributed by atoms with van der Waals surface area (Å²) in [5.74, 6) is 1.78. The molecule has 0 aliphatic rings. The quantitative estimate of drug-likeness (QED) is 0.888. The molecule has 7 nitrogen and oxygen atoms in total. The van der Waals surface area contributed by atoms with E-state index >= 15 is 0 Å². The van der Waals surface area contributed by atoms with E-state index in [9.17, 15) is 4.79 Å². The van der Waals surface area contributed by atoms with E-state index in [0.29, 0.717) is 23.2 Å². The molecule has 0 bridgehead atoms. The number of anilines is 2. The second-order valence-electron chi connectivity index (χ2n) is 4.76. The van der Waals surface area contributed by atoms with Crippen LogP contribution >= 0.6 is 0 Å². The van der Waals surface area contributed by atoms with E-state index in [4.69, 9.17) is 4.52 Å². The van der Waals surface area contributed by atoms with Crippen LogP contribution in [0.1, 0.15) is 35.9 Å². The third-order valence-corrected chi connectivity index (χ3v) is 2.38. The van der Waals surface area contributed by atoms with Crippen molar-refractivity contribution in [3.63, 3.8) is 0 Å². The van der Waals surface area contributed by atoms with Gasteiger partial charge in [0.25, 0.3) is 5.91 Å². The summed E-state index contributed by atoms with van der Waals surface area (Å²) in [6.07, 6.45) is 0. The predicted molar refractivity (Wildman–Crippen MR) is 74.7 cm³/mol. The average Bonchev–Trinajstić information content (AvgIpc) is 2.73. The maximum atomic E-state index is 12.1. The topological polar surface area (TPSA) is 92.9 Å². The number of nitrogens with one attached hydrogen (secondary N) is 2. The third kappa shape index (κ3) is 3.53. The standard InChI is InChI=1S/C13H17N5O2/c1-7(2)14-11-6-10(15-9(4)16-11)13(19)17-12-5-8(3)20-18-12/h5-7H,1-4H3,(H,14,15,16)(H,17,18,19). The highest BCUT2D eigenvalue weighted by Crippen LogP contribution is 2.12. The predicted octanol–water partition coefficient (Wildman–Crippen LogP) is 2.15. The Labute approximate surface area is 116 Å². The largest absolute Gasteiger partial charge is 0.368 e. The molecule has 0 spiro atoms. The van der Waals surface area contributed by atoms with Crippen molar-refractivity contribution in [3.8, 4) is 0 Å². The molecular formula is C13H17N5O2. The Morgan fingerprint density at radius 1 is 1.20 bits per heavy atom. The second-order valence-corrected chi connectivity index (χ2v) is 4.76. The fourth-order valence-corrected chi connectivity index (χ4v) is 1.66. The molecule has 1 amide bonds. The summed E-state index contributed by atoms with van der Waals surface area (Å²) >= 11 is 0. The van der Waals surface area contributed by atoms with Gasteiger partial charge < -0.3 is 15.2 Å². The minimum absolute atomic E-state index is 0.221. The summed E-state index contributed by atoms with van der Waals surface area (Å²) < 4.78 is 4.89. The first-order chi connectivity index (χ1) is 9.44. The van der Waals surface area contributed by atoms with E-state index < -0.39 is 0 Å². The monoisotopic (exact) mass is 275 g/mol. The first kappa shape index (κ1) is 14.0. The van der Waals surface area contributed by atoms with E-state index in [1.54, 1.807) is 26.0 Å². The van der Waals surface area contributed by atoms with Crippen LogP contribution in [0.3, 0.4) is 0 Å². The van der Waals surface area contributed by atoms with E-state index in [1.807, 2.05) is 13.8 Å². The zero-order chi connectivity index (χ0) is 14.7. The molecule has 0 fully saturated rings. The number of carbonyl (C=O) groups excluding carboxylic acids is 1. The van der Waals surface area contributed by atoms with E-state index in [0.717, 1.165) is 0 Å². The summed E-state index contributed by atoms with van der Waals surface area (Å²) in [6.45, 7) is 7.48. The Morgan fingerprint density at radius 3 is 2.55 bits per heavy atom. The minimum Gasteiger partial charge on any atom is -0.368 e. The van der Waals surface area contributed by atoms with Gasteiger partial charge in [0.1, 0.15) is 23.1 Å². The number of aryl methyl sites for hydroxylation is 2. The van der Waals surface area contributed by atoms with Crippen molar-refractivity contribution >= 4 is 17.5 Å². The van der Waals surface area contributed by atoms with Gasteiger partial charge >= 0.3 is 0 Å². The third-order valence-electron chi connectivity index (χ3n) is 2.38. The summed E-state index contributed by atoms with van der Waals surface area (Å²) in [6, 6.07) is 3.47. The number of aromatic nitrogens is 3. The highest BCUT2D eigenvalue weighted by molar-refractivity contribution is 6.02. The van der Waals surface area contributed by atoms with Gasteiger partial charge in [0.05, 0.1) is 0 Å². The number of nitrogens with zero attached hydrogens (tertiary/aromatic N) is 3. The number of amides is 1. The van der Waals surface area contributed by atoms with E-state index in [1.165, 1.54) is 0 Å². The van der Waals surface area contributed by atoms with Crippen molar-refractivity contribution in [2.45, 2.75) is 33.7 Å². The van der Waals surface area contributed by atoms with Crippen LogP contribution < -0.4 is 10.6 Å². The lowest BCUT2D eigenvalue weighted by atomic mass is 10.3. The van der Waals surface area contributed by atoms with Crippen molar-refractivity contribution in [1.29, 1.82) is 0 Å². The lowest BCUT2D eigenvalue weighted by Crippen LogP contribution is -2.17. The van der Waals surface area contributed by atoms with Gasteiger partial charge in [-0.1, -0.05) is 5.16 Å². The number of hydrogen-bond acceptors (Lipinski definition) is 6. The number of carbonyl (C=O) groups is 1. The maximum Gasteiger partial charge on any atom is 0.275 e. The summed E-state index contributed by atoms with van der Waals surface area (Å²) in [5.41, 5.74) is 0.279. The first-order valence-electron chi connectivity index (χ1n) is 6.31. The van der Waals surface area contributed by atoms with Crippen molar-refractivity contribution in [2.75, 3.05) is 10.6 Å². The van der Waals surface area contributed by atoms with E-state index in [-0.39, 0.29) is 17.6 Å². The number of rotatable bonds is 4. The first-order valence-corrected chi connectivity index (χ1v) is 6.31. The van der Waals surface area contributed by atoms with Crippen molar-refractivity contribution in [1.82, 2.24) is 15.1 Å². The highest BCUT2D eigenvalue weighted by Gasteiger charge is 2.13. The second kappa shape index (κ2) is 5.68. The molecule has 2 heterocycles. The molecule has 0 aromatic carbocycles. The van der Waals surface area contributed by atoms with Crippen molar-refractivity contribution < 1.29 is 9.32 Å². The Hall–Kier alpha value is -2.44. The maximum absolute atomic E-state index is 12.1. The Balaban J connectivity index is 2.18. The van der Waals surface area contributed by atoms with Gasteiger partial charge in [0.2, 0.25) is 0 Å². The van der Waals surface area contributed by atoms with Crippen LogP contribution in [-0.2, 0) is 0 Å². The molecule has 0 saturated heterocycles. The molecule has 2 aromatic rings. The average molecular weight is 275 g/mol. The van der Waals surface area contributed by atoms with Crippen LogP contribution in [0, 0.1) is 13.8 Å². The highest BCUT2D eigenvalue weighted by atomic mass is 16.5. The van der Waals surface area contributed by atoms with Gasteiger partial charge in [-0.05, 0) is 27.7 Å². The van der Waals surface area contributed by atoms with Crippen LogP contribution in [0.5, 0.6) is 0 Å². The molecule has 2 rings (SSSR count). The molecule has 7 heteroatoms. The zero-order valence-corrected chi connectivity index (χ0v) is 11.9. The molecule has 0 aliphatic heterocycles. The SMILES string of the molecule is Cc1nc(NC(C)C)cc(C(=O)Nc2cc(C)on2)n1. The molecule has 2 aromatic heterocycles. The lowest BCUT2D eigenvalue weighted by Gasteiger charge is -2.10. The molecule has 0 atom stereocenters. The molecule has 2 N–H and O–H groups in total. The smallest absolute Gasteiger partial charge is 0.275 e. The van der Waals surface area contributed by atoms with Crippen LogP contribution in [0.2, 0.25) is 0 Å². The van der Waals surface area contributed by atoms with Gasteiger partial charge in [-0.25, -0.2) is 9.97 Å². The van der Waals surface area contributed by atoms with Crippen LogP contribution in [0.25, 0.3) is 0 Å². The summed E-state index contributed by atoms with van der Waals surface area (Å²) in [5, 5.41) is 9.48. The minimum atomic E-state index is -0.351. The molecule has 0 radical (unpaired) electrons. The lowest BCUT2D eigenvalue weighted by molar-refractivity contribution is 0.102. The molecule has 20 heavy (non-hydrogen) atoms. The Bertz CT molecular complexity index is 621. The molecule has 0 saturated carbocycles. The van der Waals surface area contributed by atoms with Gasteiger partial charge in [-0.3, -0.25) is 4.79 Å². The Kier molecular flexibility index (Phi) is 3.97. The van der Waals surface area contributed by atoms with Crippen LogP contribution in [0.15, 0.2) is 16.7 Å². The van der Waals surface area contributed by atoms with E-state index in [2.05, 4.69) is 25.8 Å². The fraction of sp³-hybridized carbons (Fsp3) is 0.385. The normalized spacial score (nSPS) is 10.7. The zero-order valence-electron chi connectivity index (χ0n) is 11.9. The fourth-order valence-electron chi connectivity index (χ4n) is 1.66. The van der Waals surface area contributed by atoms with Crippen LogP contribution in [-0.4, -0.2) is 27.1 Å². The van der Waals surface area contributed by atoms with Gasteiger partial charge in [-0.2, -0.15) is 0 Å². The number of hydrogen-bond donors (Lipinski definition) is 2. The van der Waals surface area contributed by atoms with Gasteiger partial charge in [-0.15, -0.1) is 0 Å². The summed E-state index contributed by atoms with van der Waals surface area (Å²) in [4.78, 5) is 20.5. The molecular weight excluding hydrogens is 258 g/mol. The molecule has 106 valence electrons. The van der Waals surface area contributed by atoms with Crippen LogP contribution in [0.4, 0.5) is 11.6 Å². The van der Waals surface area contributed by atoms with Crippen molar-refractivity contribution in [3.05, 3.63) is 29.4 Å². The summed E-state index contributed by atoms with van der Waals surface area (Å²) in [7, 11) is 0. The Morgan fingerprint density at radius 2 is 1.95 bits per heavy atom.